The van der Waals surface area contributed by atoms with Crippen LogP contribution in [0.25, 0.3) is 0 Å². The van der Waals surface area contributed by atoms with Gasteiger partial charge in [-0.2, -0.15) is 0 Å². The molecule has 0 radical (unpaired) electrons. The van der Waals surface area contributed by atoms with Crippen LogP contribution in [0.1, 0.15) is 70.0 Å². The summed E-state index contributed by atoms with van der Waals surface area (Å²) < 4.78 is 12.0. The van der Waals surface area contributed by atoms with Crippen molar-refractivity contribution in [3.8, 4) is 0 Å². The van der Waals surface area contributed by atoms with Crippen LogP contribution in [0.3, 0.4) is 0 Å². The minimum absolute atomic E-state index is 0.108. The molecule has 3 N–H and O–H groups in total. The fourth-order valence-electron chi connectivity index (χ4n) is 3.53. The van der Waals surface area contributed by atoms with Gasteiger partial charge in [0.15, 0.2) is 12.0 Å². The molecule has 1 amide bonds. The van der Waals surface area contributed by atoms with E-state index >= 15 is 0 Å². The van der Waals surface area contributed by atoms with E-state index in [2.05, 4.69) is 10.3 Å². The fourth-order valence-corrected chi connectivity index (χ4v) is 3.53. The van der Waals surface area contributed by atoms with Crippen molar-refractivity contribution in [1.29, 1.82) is 0 Å². The standard InChI is InChI=1S/C28H37N5O3/c1-7-17-35-26(21-12-10-19(2)11-13-21)33(27(34)36-28(4,5)6)24-15-14-23(29)25(32-24)31-20(3)22-9-8-16-30-18-22/h8-16,18,20,26H,7,17,29H2,1-6H3,(H,31,32)/t20-,26?/m1/s1. The van der Waals surface area contributed by atoms with E-state index < -0.39 is 17.9 Å². The van der Waals surface area contributed by atoms with Crippen molar-refractivity contribution in [2.75, 3.05) is 22.6 Å². The van der Waals surface area contributed by atoms with E-state index in [0.29, 0.717) is 23.9 Å². The molecule has 2 heterocycles. The van der Waals surface area contributed by atoms with Crippen molar-refractivity contribution in [1.82, 2.24) is 9.97 Å². The van der Waals surface area contributed by atoms with Crippen molar-refractivity contribution in [3.05, 3.63) is 77.6 Å². The molecule has 2 atom stereocenters. The number of ether oxygens (including phenoxy) is 2. The van der Waals surface area contributed by atoms with E-state index in [0.717, 1.165) is 23.1 Å². The summed E-state index contributed by atoms with van der Waals surface area (Å²) in [6.45, 7) is 12.0. The summed E-state index contributed by atoms with van der Waals surface area (Å²) >= 11 is 0. The zero-order chi connectivity index (χ0) is 26.3. The van der Waals surface area contributed by atoms with Gasteiger partial charge in [-0.15, -0.1) is 0 Å². The third-order valence-electron chi connectivity index (χ3n) is 5.36. The maximum Gasteiger partial charge on any atom is 0.418 e. The summed E-state index contributed by atoms with van der Waals surface area (Å²) in [4.78, 5) is 24.0. The Kier molecular flexibility index (Phi) is 8.88. The average molecular weight is 492 g/mol. The van der Waals surface area contributed by atoms with E-state index in [1.165, 1.54) is 4.90 Å². The summed E-state index contributed by atoms with van der Waals surface area (Å²) in [5.74, 6) is 0.816. The van der Waals surface area contributed by atoms with Crippen LogP contribution in [0.2, 0.25) is 0 Å². The van der Waals surface area contributed by atoms with E-state index in [-0.39, 0.29) is 6.04 Å². The molecule has 0 aliphatic heterocycles. The van der Waals surface area contributed by atoms with Crippen molar-refractivity contribution in [2.24, 2.45) is 0 Å². The van der Waals surface area contributed by atoms with Crippen LogP contribution in [0.5, 0.6) is 0 Å². The van der Waals surface area contributed by atoms with Gasteiger partial charge in [0.25, 0.3) is 0 Å². The number of aromatic nitrogens is 2. The molecule has 1 unspecified atom stereocenters. The average Bonchev–Trinajstić information content (AvgIpc) is 2.83. The lowest BCUT2D eigenvalue weighted by molar-refractivity contribution is 0.0227. The van der Waals surface area contributed by atoms with Gasteiger partial charge < -0.3 is 20.5 Å². The Labute approximate surface area is 213 Å². The minimum Gasteiger partial charge on any atom is -0.443 e. The molecule has 192 valence electrons. The molecule has 3 rings (SSSR count). The monoisotopic (exact) mass is 491 g/mol. The molecule has 0 spiro atoms. The second-order valence-corrected chi connectivity index (χ2v) is 9.74. The van der Waals surface area contributed by atoms with Gasteiger partial charge in [-0.25, -0.2) is 14.7 Å². The van der Waals surface area contributed by atoms with Crippen molar-refractivity contribution in [2.45, 2.75) is 65.8 Å². The van der Waals surface area contributed by atoms with Crippen LogP contribution < -0.4 is 16.0 Å². The van der Waals surface area contributed by atoms with E-state index in [1.807, 2.05) is 77.9 Å². The van der Waals surface area contributed by atoms with Gasteiger partial charge in [-0.3, -0.25) is 4.98 Å². The number of anilines is 3. The Morgan fingerprint density at radius 2 is 1.83 bits per heavy atom. The number of amides is 1. The smallest absolute Gasteiger partial charge is 0.418 e. The predicted octanol–water partition coefficient (Wildman–Crippen LogP) is 6.41. The normalized spacial score (nSPS) is 13.1. The summed E-state index contributed by atoms with van der Waals surface area (Å²) in [5, 5.41) is 3.34. The molecule has 0 bridgehead atoms. The van der Waals surface area contributed by atoms with Gasteiger partial charge >= 0.3 is 6.09 Å². The largest absolute Gasteiger partial charge is 0.443 e. The number of hydrogen-bond donors (Lipinski definition) is 2. The number of nitrogens with two attached hydrogens (primary N) is 1. The fraction of sp³-hybridized carbons (Fsp3) is 0.393. The van der Waals surface area contributed by atoms with E-state index in [1.54, 1.807) is 24.5 Å². The van der Waals surface area contributed by atoms with Gasteiger partial charge in [0.2, 0.25) is 0 Å². The highest BCUT2D eigenvalue weighted by molar-refractivity contribution is 5.88. The molecule has 0 aliphatic rings. The van der Waals surface area contributed by atoms with Gasteiger partial charge in [-0.1, -0.05) is 42.8 Å². The second-order valence-electron chi connectivity index (χ2n) is 9.74. The maximum atomic E-state index is 13.6. The first-order valence-electron chi connectivity index (χ1n) is 12.2. The number of carbonyl (C=O) groups excluding carboxylic acids is 1. The Morgan fingerprint density at radius 3 is 2.44 bits per heavy atom. The zero-order valence-electron chi connectivity index (χ0n) is 22.0. The topological polar surface area (TPSA) is 103 Å². The molecule has 2 aromatic heterocycles. The number of carbonyl (C=O) groups is 1. The highest BCUT2D eigenvalue weighted by atomic mass is 16.6. The van der Waals surface area contributed by atoms with E-state index in [9.17, 15) is 4.79 Å². The number of hydrogen-bond acceptors (Lipinski definition) is 7. The molecule has 36 heavy (non-hydrogen) atoms. The molecule has 8 heteroatoms. The lowest BCUT2D eigenvalue weighted by Crippen LogP contribution is -2.41. The van der Waals surface area contributed by atoms with Gasteiger partial charge in [-0.05, 0) is 64.8 Å². The summed E-state index contributed by atoms with van der Waals surface area (Å²) in [5.41, 5.74) is 8.93. The summed E-state index contributed by atoms with van der Waals surface area (Å²) in [6.07, 6.45) is 3.00. The van der Waals surface area contributed by atoms with Crippen molar-refractivity contribution >= 4 is 23.4 Å². The van der Waals surface area contributed by atoms with Gasteiger partial charge in [0.1, 0.15) is 11.4 Å². The third-order valence-corrected chi connectivity index (χ3v) is 5.36. The van der Waals surface area contributed by atoms with Crippen LogP contribution in [0.4, 0.5) is 22.1 Å². The quantitative estimate of drug-likeness (QED) is 0.334. The predicted molar refractivity (Wildman–Crippen MR) is 144 cm³/mol. The first-order chi connectivity index (χ1) is 17.1. The Morgan fingerprint density at radius 1 is 1.11 bits per heavy atom. The zero-order valence-corrected chi connectivity index (χ0v) is 22.0. The highest BCUT2D eigenvalue weighted by Crippen LogP contribution is 2.33. The van der Waals surface area contributed by atoms with Gasteiger partial charge in [0, 0.05) is 24.6 Å². The second kappa shape index (κ2) is 11.9. The van der Waals surface area contributed by atoms with Crippen molar-refractivity contribution in [3.63, 3.8) is 0 Å². The van der Waals surface area contributed by atoms with Crippen LogP contribution in [-0.2, 0) is 9.47 Å². The minimum atomic E-state index is -0.736. The number of nitrogens with zero attached hydrogens (tertiary/aromatic N) is 3. The number of nitrogen functional groups attached to an aromatic ring is 1. The van der Waals surface area contributed by atoms with Crippen LogP contribution >= 0.6 is 0 Å². The summed E-state index contributed by atoms with van der Waals surface area (Å²) in [6, 6.07) is 15.1. The number of rotatable bonds is 9. The summed E-state index contributed by atoms with van der Waals surface area (Å²) in [7, 11) is 0. The lowest BCUT2D eigenvalue weighted by Gasteiger charge is -2.33. The van der Waals surface area contributed by atoms with Crippen LogP contribution in [0.15, 0.2) is 60.9 Å². The number of aryl methyl sites for hydroxylation is 1. The van der Waals surface area contributed by atoms with Crippen LogP contribution in [-0.4, -0.2) is 28.3 Å². The molecule has 1 aromatic carbocycles. The first-order valence-corrected chi connectivity index (χ1v) is 12.2. The maximum absolute atomic E-state index is 13.6. The molecule has 0 fully saturated rings. The first kappa shape index (κ1) is 26.9. The molecule has 0 aliphatic carbocycles. The Hall–Kier alpha value is -3.65. The molecule has 0 saturated carbocycles. The molecular weight excluding hydrogens is 454 g/mol. The number of pyridine rings is 2. The third kappa shape index (κ3) is 7.18. The number of nitrogens with one attached hydrogen (secondary N) is 1. The Balaban J connectivity index is 2.05. The lowest BCUT2D eigenvalue weighted by atomic mass is 10.1. The Bertz CT molecular complexity index is 1130. The van der Waals surface area contributed by atoms with Crippen molar-refractivity contribution < 1.29 is 14.3 Å². The molecule has 8 nitrogen and oxygen atoms in total. The highest BCUT2D eigenvalue weighted by Gasteiger charge is 2.33. The van der Waals surface area contributed by atoms with Gasteiger partial charge in [0.05, 0.1) is 11.7 Å². The number of benzene rings is 1. The molecule has 3 aromatic rings. The SMILES string of the molecule is CCCOC(c1ccc(C)cc1)N(C(=O)OC(C)(C)C)c1ccc(N)c(N[C@H](C)c2cccnc2)n1. The van der Waals surface area contributed by atoms with E-state index in [4.69, 9.17) is 20.2 Å². The molecular formula is C28H37N5O3. The molecule has 0 saturated heterocycles. The van der Waals surface area contributed by atoms with Crippen LogP contribution in [0, 0.1) is 6.92 Å².